The first-order chi connectivity index (χ1) is 32.0. The molecule has 0 N–H and O–H groups in total. The summed E-state index contributed by atoms with van der Waals surface area (Å²) >= 11 is 0. The van der Waals surface area contributed by atoms with Crippen LogP contribution in [0.4, 0.5) is 0 Å². The molecule has 0 rings (SSSR count). The Morgan fingerprint density at radius 1 is 0.323 bits per heavy atom. The molecule has 0 fully saturated rings. The van der Waals surface area contributed by atoms with Gasteiger partial charge < -0.3 is 14.2 Å². The minimum Gasteiger partial charge on any atom is -0.462 e. The standard InChI is InChI=1S/C59H100O6/c1-4-7-10-13-16-19-22-24-26-28-29-31-32-34-37-40-43-46-49-52-58(61)64-55-56(54-63-57(60)51-48-45-42-39-36-21-18-15-12-9-6-3)65-59(62)53-50-47-44-41-38-35-33-30-27-25-23-20-17-14-11-8-5-2/h7-8,10-11,16-17,19-20,24-27,29,31,56H,4-6,9,12-15,18,21-23,28,30,32-55H2,1-3H3/b10-7-,11-8-,19-16-,20-17-,26-24-,27-25-,31-29-. The van der Waals surface area contributed by atoms with Gasteiger partial charge in [0.1, 0.15) is 13.2 Å². The predicted octanol–water partition coefficient (Wildman–Crippen LogP) is 18.0. The van der Waals surface area contributed by atoms with Gasteiger partial charge in [-0.1, -0.05) is 228 Å². The van der Waals surface area contributed by atoms with Gasteiger partial charge in [0.2, 0.25) is 0 Å². The van der Waals surface area contributed by atoms with Crippen LogP contribution in [0.2, 0.25) is 0 Å². The Morgan fingerprint density at radius 3 is 0.938 bits per heavy atom. The molecule has 6 nitrogen and oxygen atoms in total. The van der Waals surface area contributed by atoms with Crippen molar-refractivity contribution < 1.29 is 28.6 Å². The first-order valence-electron chi connectivity index (χ1n) is 27.1. The molecular weight excluding hydrogens is 805 g/mol. The predicted molar refractivity (Wildman–Crippen MR) is 279 cm³/mol. The van der Waals surface area contributed by atoms with E-state index in [4.69, 9.17) is 14.2 Å². The van der Waals surface area contributed by atoms with E-state index in [0.717, 1.165) is 116 Å². The second-order valence-electron chi connectivity index (χ2n) is 17.7. The third kappa shape index (κ3) is 51.4. The lowest BCUT2D eigenvalue weighted by Crippen LogP contribution is -2.30. The molecule has 0 saturated heterocycles. The van der Waals surface area contributed by atoms with Crippen molar-refractivity contribution in [3.05, 3.63) is 85.1 Å². The monoisotopic (exact) mass is 905 g/mol. The highest BCUT2D eigenvalue weighted by atomic mass is 16.6. The molecule has 1 atom stereocenters. The van der Waals surface area contributed by atoms with Crippen LogP contribution in [0.25, 0.3) is 0 Å². The van der Waals surface area contributed by atoms with Crippen molar-refractivity contribution in [2.45, 2.75) is 258 Å². The Hall–Kier alpha value is -3.41. The smallest absolute Gasteiger partial charge is 0.306 e. The summed E-state index contributed by atoms with van der Waals surface area (Å²) in [6, 6.07) is 0. The van der Waals surface area contributed by atoms with E-state index in [-0.39, 0.29) is 31.1 Å². The van der Waals surface area contributed by atoms with Crippen molar-refractivity contribution in [3.8, 4) is 0 Å². The third-order valence-corrected chi connectivity index (χ3v) is 11.4. The van der Waals surface area contributed by atoms with Crippen molar-refractivity contribution in [3.63, 3.8) is 0 Å². The number of esters is 3. The Labute approximate surface area is 401 Å². The van der Waals surface area contributed by atoms with E-state index in [1.165, 1.54) is 96.3 Å². The number of carbonyl (C=O) groups excluding carboxylic acids is 3. The molecule has 0 aliphatic carbocycles. The normalized spacial score (nSPS) is 12.7. The second kappa shape index (κ2) is 53.2. The summed E-state index contributed by atoms with van der Waals surface area (Å²) in [5.74, 6) is -0.906. The molecule has 0 aliphatic heterocycles. The number of hydrogen-bond donors (Lipinski definition) is 0. The highest BCUT2D eigenvalue weighted by Gasteiger charge is 2.19. The average Bonchev–Trinajstić information content (AvgIpc) is 3.30. The largest absolute Gasteiger partial charge is 0.462 e. The molecule has 0 amide bonds. The van der Waals surface area contributed by atoms with Gasteiger partial charge in [0.25, 0.3) is 0 Å². The zero-order valence-corrected chi connectivity index (χ0v) is 42.5. The molecule has 0 heterocycles. The molecule has 0 spiro atoms. The fraction of sp³-hybridized carbons (Fsp3) is 0.712. The first kappa shape index (κ1) is 61.6. The summed E-state index contributed by atoms with van der Waals surface area (Å²) < 4.78 is 16.8. The van der Waals surface area contributed by atoms with Crippen LogP contribution in [0, 0.1) is 0 Å². The fourth-order valence-corrected chi connectivity index (χ4v) is 7.39. The molecular formula is C59H100O6. The van der Waals surface area contributed by atoms with Gasteiger partial charge in [0.15, 0.2) is 6.10 Å². The van der Waals surface area contributed by atoms with Gasteiger partial charge in [-0.3, -0.25) is 14.4 Å². The van der Waals surface area contributed by atoms with Crippen LogP contribution in [0.3, 0.4) is 0 Å². The van der Waals surface area contributed by atoms with Gasteiger partial charge >= 0.3 is 17.9 Å². The topological polar surface area (TPSA) is 78.9 Å². The SMILES string of the molecule is CC/C=C\C/C=C\C/C=C\C/C=C\CCCCCCCCC(=O)OCC(COC(=O)CCCCCCCCCCCCC)OC(=O)CCCCCCCCC/C=C\C/C=C\C/C=C\CC. The molecule has 0 radical (unpaired) electrons. The Morgan fingerprint density at radius 2 is 0.600 bits per heavy atom. The van der Waals surface area contributed by atoms with E-state index in [2.05, 4.69) is 106 Å². The average molecular weight is 905 g/mol. The van der Waals surface area contributed by atoms with Gasteiger partial charge in [-0.2, -0.15) is 0 Å². The van der Waals surface area contributed by atoms with E-state index >= 15 is 0 Å². The molecule has 372 valence electrons. The number of ether oxygens (including phenoxy) is 3. The van der Waals surface area contributed by atoms with E-state index < -0.39 is 6.10 Å². The zero-order chi connectivity index (χ0) is 47.2. The molecule has 0 aromatic carbocycles. The first-order valence-corrected chi connectivity index (χ1v) is 27.1. The summed E-state index contributed by atoms with van der Waals surface area (Å²) in [4.78, 5) is 38.0. The van der Waals surface area contributed by atoms with E-state index in [9.17, 15) is 14.4 Å². The molecule has 0 bridgehead atoms. The molecule has 1 unspecified atom stereocenters. The van der Waals surface area contributed by atoms with Gasteiger partial charge in [-0.25, -0.2) is 0 Å². The van der Waals surface area contributed by atoms with Crippen LogP contribution < -0.4 is 0 Å². The zero-order valence-electron chi connectivity index (χ0n) is 42.5. The maximum Gasteiger partial charge on any atom is 0.306 e. The van der Waals surface area contributed by atoms with Crippen LogP contribution in [0.1, 0.15) is 252 Å². The maximum atomic E-state index is 12.8. The number of allylic oxidation sites excluding steroid dienone is 14. The Balaban J connectivity index is 4.39. The van der Waals surface area contributed by atoms with Crippen molar-refractivity contribution in [1.29, 1.82) is 0 Å². The summed E-state index contributed by atoms with van der Waals surface area (Å²) in [7, 11) is 0. The van der Waals surface area contributed by atoms with Crippen LogP contribution in [-0.2, 0) is 28.6 Å². The van der Waals surface area contributed by atoms with Gasteiger partial charge in [0.05, 0.1) is 0 Å². The summed E-state index contributed by atoms with van der Waals surface area (Å²) in [5, 5.41) is 0. The molecule has 6 heteroatoms. The van der Waals surface area contributed by atoms with Crippen molar-refractivity contribution in [2.75, 3.05) is 13.2 Å². The minimum atomic E-state index is -0.786. The van der Waals surface area contributed by atoms with E-state index in [1.54, 1.807) is 0 Å². The Kier molecular flexibility index (Phi) is 50.4. The number of unbranched alkanes of at least 4 members (excludes halogenated alkanes) is 23. The van der Waals surface area contributed by atoms with E-state index in [0.29, 0.717) is 19.3 Å². The van der Waals surface area contributed by atoms with Crippen LogP contribution in [0.15, 0.2) is 85.1 Å². The molecule has 0 aliphatic rings. The highest BCUT2D eigenvalue weighted by Crippen LogP contribution is 2.15. The molecule has 0 aromatic rings. The molecule has 0 aromatic heterocycles. The van der Waals surface area contributed by atoms with Gasteiger partial charge in [-0.05, 0) is 89.9 Å². The summed E-state index contributed by atoms with van der Waals surface area (Å²) in [5.41, 5.74) is 0. The molecule has 0 saturated carbocycles. The number of rotatable bonds is 48. The summed E-state index contributed by atoms with van der Waals surface area (Å²) in [6.45, 7) is 6.39. The third-order valence-electron chi connectivity index (χ3n) is 11.4. The molecule has 65 heavy (non-hydrogen) atoms. The van der Waals surface area contributed by atoms with E-state index in [1.807, 2.05) is 0 Å². The maximum absolute atomic E-state index is 12.8. The van der Waals surface area contributed by atoms with Crippen molar-refractivity contribution >= 4 is 17.9 Å². The van der Waals surface area contributed by atoms with Gasteiger partial charge in [0, 0.05) is 19.3 Å². The lowest BCUT2D eigenvalue weighted by molar-refractivity contribution is -0.167. The highest BCUT2D eigenvalue weighted by molar-refractivity contribution is 5.71. The fourth-order valence-electron chi connectivity index (χ4n) is 7.39. The lowest BCUT2D eigenvalue weighted by Gasteiger charge is -2.18. The van der Waals surface area contributed by atoms with Crippen molar-refractivity contribution in [2.24, 2.45) is 0 Å². The second-order valence-corrected chi connectivity index (χ2v) is 17.7. The Bertz CT molecular complexity index is 1270. The minimum absolute atomic E-state index is 0.0840. The van der Waals surface area contributed by atoms with Crippen LogP contribution in [0.5, 0.6) is 0 Å². The quantitative estimate of drug-likeness (QED) is 0.0262. The number of carbonyl (C=O) groups is 3. The van der Waals surface area contributed by atoms with Crippen LogP contribution >= 0.6 is 0 Å². The number of hydrogen-bond acceptors (Lipinski definition) is 6. The lowest BCUT2D eigenvalue weighted by atomic mass is 10.1. The van der Waals surface area contributed by atoms with Crippen LogP contribution in [-0.4, -0.2) is 37.2 Å². The van der Waals surface area contributed by atoms with Crippen molar-refractivity contribution in [1.82, 2.24) is 0 Å². The van der Waals surface area contributed by atoms with Gasteiger partial charge in [-0.15, -0.1) is 0 Å². The summed E-state index contributed by atoms with van der Waals surface area (Å²) in [6.07, 6.45) is 68.5.